The highest BCUT2D eigenvalue weighted by Crippen LogP contribution is 2.16. The number of halogens is 1. The number of aryl methyl sites for hydroxylation is 1. The molecule has 2 amide bonds. The number of nitrogens with one attached hydrogen (secondary N) is 2. The fraction of sp³-hybridized carbons (Fsp3) is 0.158. The number of rotatable bonds is 5. The lowest BCUT2D eigenvalue weighted by atomic mass is 10.1. The Balaban J connectivity index is 1.82. The molecule has 2 N–H and O–H groups in total. The van der Waals surface area contributed by atoms with Crippen molar-refractivity contribution in [3.05, 3.63) is 71.6 Å². The van der Waals surface area contributed by atoms with Crippen LogP contribution in [0.3, 0.4) is 0 Å². The van der Waals surface area contributed by atoms with E-state index in [4.69, 9.17) is 4.74 Å². The van der Waals surface area contributed by atoms with Gasteiger partial charge in [0.15, 0.2) is 17.7 Å². The molecule has 130 valence electrons. The molecule has 0 aliphatic carbocycles. The number of amides is 2. The molecule has 25 heavy (non-hydrogen) atoms. The van der Waals surface area contributed by atoms with Crippen molar-refractivity contribution < 1.29 is 18.7 Å². The third-order valence-electron chi connectivity index (χ3n) is 3.29. The average molecular weight is 342 g/mol. The van der Waals surface area contributed by atoms with Crippen molar-refractivity contribution in [1.82, 2.24) is 10.9 Å². The molecular formula is C19H19FN2O3. The Hall–Kier alpha value is -3.15. The first-order valence-electron chi connectivity index (χ1n) is 7.71. The summed E-state index contributed by atoms with van der Waals surface area (Å²) >= 11 is 0. The second-order valence-corrected chi connectivity index (χ2v) is 5.42. The maximum absolute atomic E-state index is 13.5. The van der Waals surface area contributed by atoms with Gasteiger partial charge < -0.3 is 4.74 Å². The summed E-state index contributed by atoms with van der Waals surface area (Å²) in [6.45, 7) is 3.41. The molecule has 0 saturated carbocycles. The Kier molecular flexibility index (Phi) is 6.28. The van der Waals surface area contributed by atoms with Crippen LogP contribution in [-0.2, 0) is 9.59 Å². The van der Waals surface area contributed by atoms with E-state index in [0.29, 0.717) is 0 Å². The van der Waals surface area contributed by atoms with Crippen molar-refractivity contribution in [3.63, 3.8) is 0 Å². The minimum absolute atomic E-state index is 0.0316. The molecule has 2 aromatic carbocycles. The van der Waals surface area contributed by atoms with Gasteiger partial charge in [0.2, 0.25) is 0 Å². The highest BCUT2D eigenvalue weighted by Gasteiger charge is 2.16. The fourth-order valence-corrected chi connectivity index (χ4v) is 2.00. The first-order valence-corrected chi connectivity index (χ1v) is 7.71. The van der Waals surface area contributed by atoms with Gasteiger partial charge in [-0.05, 0) is 37.6 Å². The molecule has 1 unspecified atom stereocenters. The zero-order valence-electron chi connectivity index (χ0n) is 14.0. The van der Waals surface area contributed by atoms with Crippen LogP contribution in [0.5, 0.6) is 5.75 Å². The number of hydrogen-bond donors (Lipinski definition) is 2. The molecule has 0 aromatic heterocycles. The molecule has 0 spiro atoms. The van der Waals surface area contributed by atoms with Gasteiger partial charge in [-0.1, -0.05) is 42.0 Å². The van der Waals surface area contributed by atoms with Crippen molar-refractivity contribution in [2.45, 2.75) is 20.0 Å². The lowest BCUT2D eigenvalue weighted by Crippen LogP contribution is -2.46. The summed E-state index contributed by atoms with van der Waals surface area (Å²) in [4.78, 5) is 23.6. The van der Waals surface area contributed by atoms with E-state index in [-0.39, 0.29) is 5.75 Å². The summed E-state index contributed by atoms with van der Waals surface area (Å²) in [7, 11) is 0. The molecule has 0 radical (unpaired) electrons. The van der Waals surface area contributed by atoms with Gasteiger partial charge in [-0.25, -0.2) is 4.39 Å². The van der Waals surface area contributed by atoms with Crippen molar-refractivity contribution in [2.75, 3.05) is 0 Å². The van der Waals surface area contributed by atoms with E-state index < -0.39 is 23.7 Å². The molecule has 1 atom stereocenters. The smallest absolute Gasteiger partial charge is 0.279 e. The van der Waals surface area contributed by atoms with Crippen molar-refractivity contribution in [1.29, 1.82) is 0 Å². The van der Waals surface area contributed by atoms with Crippen molar-refractivity contribution in [2.24, 2.45) is 0 Å². The van der Waals surface area contributed by atoms with E-state index in [9.17, 15) is 14.0 Å². The maximum atomic E-state index is 13.5. The van der Waals surface area contributed by atoms with Gasteiger partial charge in [-0.15, -0.1) is 0 Å². The summed E-state index contributed by atoms with van der Waals surface area (Å²) < 4.78 is 18.7. The molecule has 5 nitrogen and oxygen atoms in total. The number of ether oxygens (including phenoxy) is 1. The third kappa shape index (κ3) is 5.76. The van der Waals surface area contributed by atoms with Crippen LogP contribution in [0.2, 0.25) is 0 Å². The highest BCUT2D eigenvalue weighted by molar-refractivity contribution is 5.93. The standard InChI is InChI=1S/C19H19FN2O3/c1-13-6-5-7-15(12-13)10-11-18(23)21-22-19(24)14(2)25-17-9-4-3-8-16(17)20/h3-12,14H,1-2H3,(H,21,23)(H,22,24). The van der Waals surface area contributed by atoms with Gasteiger partial charge in [-0.3, -0.25) is 20.4 Å². The first-order chi connectivity index (χ1) is 12.0. The van der Waals surface area contributed by atoms with E-state index in [1.54, 1.807) is 12.1 Å². The number of benzene rings is 2. The van der Waals surface area contributed by atoms with Gasteiger partial charge in [0.25, 0.3) is 11.8 Å². The molecular weight excluding hydrogens is 323 g/mol. The number of hydrogen-bond acceptors (Lipinski definition) is 3. The van der Waals surface area contributed by atoms with E-state index in [0.717, 1.165) is 11.1 Å². The Morgan fingerprint density at radius 3 is 2.60 bits per heavy atom. The molecule has 6 heteroatoms. The predicted octanol–water partition coefficient (Wildman–Crippen LogP) is 2.76. The SMILES string of the molecule is Cc1cccc(C=CC(=O)NNC(=O)C(C)Oc2ccccc2F)c1. The molecule has 0 fully saturated rings. The van der Waals surface area contributed by atoms with Gasteiger partial charge in [0.05, 0.1) is 0 Å². The van der Waals surface area contributed by atoms with Crippen LogP contribution in [0.25, 0.3) is 6.08 Å². The van der Waals surface area contributed by atoms with Crippen LogP contribution in [-0.4, -0.2) is 17.9 Å². The molecule has 0 bridgehead atoms. The summed E-state index contributed by atoms with van der Waals surface area (Å²) in [5, 5.41) is 0. The minimum Gasteiger partial charge on any atom is -0.478 e. The van der Waals surface area contributed by atoms with Gasteiger partial charge in [0.1, 0.15) is 0 Å². The van der Waals surface area contributed by atoms with Crippen molar-refractivity contribution >= 4 is 17.9 Å². The number of carbonyl (C=O) groups is 2. The molecule has 2 rings (SSSR count). The molecule has 0 aliphatic rings. The lowest BCUT2D eigenvalue weighted by Gasteiger charge is -2.15. The number of carbonyl (C=O) groups excluding carboxylic acids is 2. The Morgan fingerprint density at radius 1 is 1.12 bits per heavy atom. The largest absolute Gasteiger partial charge is 0.478 e. The second-order valence-electron chi connectivity index (χ2n) is 5.42. The quantitative estimate of drug-likeness (QED) is 0.648. The maximum Gasteiger partial charge on any atom is 0.279 e. The van der Waals surface area contributed by atoms with Gasteiger partial charge in [-0.2, -0.15) is 0 Å². The first kappa shape index (κ1) is 18.2. The fourth-order valence-electron chi connectivity index (χ4n) is 2.00. The Morgan fingerprint density at radius 2 is 1.88 bits per heavy atom. The third-order valence-corrected chi connectivity index (χ3v) is 3.29. The van der Waals surface area contributed by atoms with Crippen LogP contribution < -0.4 is 15.6 Å². The second kappa shape index (κ2) is 8.63. The topological polar surface area (TPSA) is 67.4 Å². The lowest BCUT2D eigenvalue weighted by molar-refractivity contribution is -0.131. The predicted molar refractivity (Wildman–Crippen MR) is 93.0 cm³/mol. The van der Waals surface area contributed by atoms with Crippen LogP contribution in [0.15, 0.2) is 54.6 Å². The molecule has 0 saturated heterocycles. The summed E-state index contributed by atoms with van der Waals surface area (Å²) in [5.74, 6) is -1.68. The van der Waals surface area contributed by atoms with Gasteiger partial charge >= 0.3 is 0 Å². The summed E-state index contributed by atoms with van der Waals surface area (Å²) in [5.41, 5.74) is 6.43. The van der Waals surface area contributed by atoms with E-state index in [1.165, 1.54) is 31.2 Å². The summed E-state index contributed by atoms with van der Waals surface area (Å²) in [6, 6.07) is 13.4. The Bertz CT molecular complexity index is 790. The van der Waals surface area contributed by atoms with E-state index in [2.05, 4.69) is 10.9 Å². The van der Waals surface area contributed by atoms with E-state index >= 15 is 0 Å². The molecule has 2 aromatic rings. The van der Waals surface area contributed by atoms with Crippen LogP contribution in [0.4, 0.5) is 4.39 Å². The number of para-hydroxylation sites is 1. The number of hydrazine groups is 1. The molecule has 0 heterocycles. The van der Waals surface area contributed by atoms with Gasteiger partial charge in [0, 0.05) is 6.08 Å². The average Bonchev–Trinajstić information content (AvgIpc) is 2.59. The highest BCUT2D eigenvalue weighted by atomic mass is 19.1. The Labute approximate surface area is 145 Å². The summed E-state index contributed by atoms with van der Waals surface area (Å²) in [6.07, 6.45) is 1.96. The van der Waals surface area contributed by atoms with Crippen LogP contribution in [0.1, 0.15) is 18.1 Å². The molecule has 0 aliphatic heterocycles. The zero-order chi connectivity index (χ0) is 18.2. The normalized spacial score (nSPS) is 11.8. The van der Waals surface area contributed by atoms with E-state index in [1.807, 2.05) is 31.2 Å². The minimum atomic E-state index is -0.974. The van der Waals surface area contributed by atoms with Crippen LogP contribution >= 0.6 is 0 Å². The van der Waals surface area contributed by atoms with Crippen LogP contribution in [0, 0.1) is 12.7 Å². The van der Waals surface area contributed by atoms with Crippen molar-refractivity contribution in [3.8, 4) is 5.75 Å². The zero-order valence-corrected chi connectivity index (χ0v) is 14.0. The monoisotopic (exact) mass is 342 g/mol.